The predicted octanol–water partition coefficient (Wildman–Crippen LogP) is 2.18. The summed E-state index contributed by atoms with van der Waals surface area (Å²) in [4.78, 5) is 134. The third-order valence-electron chi connectivity index (χ3n) is 13.1. The van der Waals surface area contributed by atoms with E-state index in [-0.39, 0.29) is 70.4 Å². The number of ether oxygens (including phenoxy) is 4. The van der Waals surface area contributed by atoms with E-state index < -0.39 is 96.6 Å². The largest absolute Gasteiger partial charge is 0.494 e. The van der Waals surface area contributed by atoms with E-state index in [1.807, 2.05) is 25.1 Å². The number of aromatic nitrogens is 1. The Morgan fingerprint density at radius 1 is 0.773 bits per heavy atom. The average Bonchev–Trinajstić information content (AvgIpc) is 1.70. The first kappa shape index (κ1) is 84.0. The highest BCUT2D eigenvalue weighted by Gasteiger charge is 2.39. The Labute approximate surface area is 563 Å². The Bertz CT molecular complexity index is 3010. The lowest BCUT2D eigenvalue weighted by Crippen LogP contribution is -2.59. The van der Waals surface area contributed by atoms with Crippen LogP contribution < -0.4 is 63.7 Å². The number of aliphatic imine (C=N–C) groups is 1. The van der Waals surface area contributed by atoms with Gasteiger partial charge in [0.1, 0.15) is 35.7 Å². The molecule has 9 amide bonds. The number of aliphatic carboxylic acids is 1. The number of carboxylic acid groups (broad SMARTS) is 1. The lowest BCUT2D eigenvalue weighted by atomic mass is 9.99. The number of carbonyl (C=O) groups excluding carboxylic acids is 9. The number of pyridine rings is 1. The summed E-state index contributed by atoms with van der Waals surface area (Å²) in [7, 11) is 1.63. The van der Waals surface area contributed by atoms with Crippen molar-refractivity contribution in [2.75, 3.05) is 84.9 Å². The molecule has 1 saturated heterocycles. The Morgan fingerprint density at radius 2 is 1.41 bits per heavy atom. The normalized spacial score (nSPS) is 16.3. The third-order valence-corrected chi connectivity index (χ3v) is 13.8. The van der Waals surface area contributed by atoms with Gasteiger partial charge in [0.2, 0.25) is 41.4 Å². The first-order chi connectivity index (χ1) is 45.9. The predicted molar refractivity (Wildman–Crippen MR) is 348 cm³/mol. The van der Waals surface area contributed by atoms with E-state index in [2.05, 4.69) is 72.4 Å². The van der Waals surface area contributed by atoms with Crippen LogP contribution in [0.15, 0.2) is 81.8 Å². The Kier molecular flexibility index (Phi) is 41.4. The zero-order valence-corrected chi connectivity index (χ0v) is 54.4. The van der Waals surface area contributed by atoms with Gasteiger partial charge in [-0.25, -0.2) is 10.2 Å². The van der Waals surface area contributed by atoms with E-state index in [1.165, 1.54) is 11.5 Å². The highest BCUT2D eigenvalue weighted by Crippen LogP contribution is 2.23. The number of carbonyl (C=O) groups is 10. The molecule has 1 aliphatic heterocycles. The fraction of sp³-hybridized carbons (Fsp3) is 0.525. The van der Waals surface area contributed by atoms with Gasteiger partial charge in [0.05, 0.1) is 69.8 Å². The highest BCUT2D eigenvalue weighted by atomic mass is 32.2. The van der Waals surface area contributed by atoms with Gasteiger partial charge < -0.3 is 72.3 Å². The lowest BCUT2D eigenvalue weighted by molar-refractivity contribution is -0.432. The number of nitrogens with two attached hydrogens (primary N) is 1. The number of carboxylic acids is 1. The van der Waals surface area contributed by atoms with Crippen molar-refractivity contribution in [1.29, 1.82) is 0 Å². The van der Waals surface area contributed by atoms with Gasteiger partial charge in [-0.1, -0.05) is 70.0 Å². The standard InChI is InChI=1S/C39H57F3N10O11.C21H28N4O7S.CH4/c1-4-5-15-44-28(53)13-14-29(54)45-17-7-18-63-24-11-9-23(10-12-24)19-26-35(60)51-32(22(2)3)36(61)49-25(8-6-16-46-38(43)52-37(62)39(40,41)42)33(58)47-21-30(55)48-27(20-31(56)57)34(59)50-26;1-28-11-12-30-14-13-29-10-4-9-22-21(26)18-7-8-20(23-15-18)25-24-16-17-5-2-3-6-19(17)33-32-31-27;/h9-12,22,25-27,32H,4-8,13-21H2,1-3H3,(H,44,53)(H,45,54)(H,47,58)(H,48,55)(H,49,61)(H,50,59)(H,51,60)(H,56,57)(H3,43,46,52,62);2-3,5-8,15-16,27H,4,9-14H2,1H3,(H,22,26)(H,23,25);1H4/b;24-16+;/t25-,26+,27-,32-;;/m0../s1. The van der Waals surface area contributed by atoms with Gasteiger partial charge in [-0.2, -0.15) is 18.3 Å². The molecule has 32 nitrogen and oxygen atoms in total. The number of nitrogens with one attached hydrogen (secondary N) is 10. The maximum atomic E-state index is 13.9. The average molecular weight is 1400 g/mol. The van der Waals surface area contributed by atoms with E-state index in [0.717, 1.165) is 30.4 Å². The first-order valence-electron chi connectivity index (χ1n) is 30.5. The summed E-state index contributed by atoms with van der Waals surface area (Å²) in [6.45, 7) is 8.36. The molecule has 538 valence electrons. The molecule has 0 spiro atoms. The van der Waals surface area contributed by atoms with Crippen LogP contribution in [0.25, 0.3) is 0 Å². The molecule has 1 fully saturated rings. The molecule has 0 unspecified atom stereocenters. The molecular formula is C61H89F3N14O18S. The van der Waals surface area contributed by atoms with Crippen LogP contribution in [0.4, 0.5) is 19.0 Å². The third kappa shape index (κ3) is 36.0. The molecule has 0 aliphatic carbocycles. The highest BCUT2D eigenvalue weighted by molar-refractivity contribution is 7.94. The number of nitrogens with zero attached hydrogens (tertiary/aromatic N) is 3. The summed E-state index contributed by atoms with van der Waals surface area (Å²) in [6, 6.07) is 11.1. The van der Waals surface area contributed by atoms with Crippen LogP contribution in [0.3, 0.4) is 0 Å². The van der Waals surface area contributed by atoms with Gasteiger partial charge in [-0.3, -0.25) is 63.7 Å². The number of hydrogen-bond donors (Lipinski definition) is 13. The summed E-state index contributed by atoms with van der Waals surface area (Å²) in [5.41, 5.74) is 9.82. The van der Waals surface area contributed by atoms with E-state index >= 15 is 0 Å². The zero-order chi connectivity index (χ0) is 70.7. The molecular weight excluding hydrogens is 1310 g/mol. The number of guanidine groups is 1. The minimum Gasteiger partial charge on any atom is -0.494 e. The van der Waals surface area contributed by atoms with E-state index in [0.29, 0.717) is 93.1 Å². The second-order valence-corrected chi connectivity index (χ2v) is 21.9. The number of hydrogen-bond acceptors (Lipinski definition) is 22. The van der Waals surface area contributed by atoms with Gasteiger partial charge in [-0.15, -0.1) is 4.33 Å². The van der Waals surface area contributed by atoms with Crippen molar-refractivity contribution in [3.05, 3.63) is 83.6 Å². The topological polar surface area (TPSA) is 450 Å². The minimum absolute atomic E-state index is 0. The van der Waals surface area contributed by atoms with Crippen LogP contribution in [-0.2, 0) is 73.2 Å². The summed E-state index contributed by atoms with van der Waals surface area (Å²) < 4.78 is 63.4. The molecule has 36 heteroatoms. The molecule has 1 aromatic heterocycles. The maximum Gasteiger partial charge on any atom is 0.471 e. The molecule has 3 aromatic rings. The van der Waals surface area contributed by atoms with Crippen LogP contribution in [0.1, 0.15) is 107 Å². The number of methoxy groups -OCH3 is 1. The van der Waals surface area contributed by atoms with Crippen LogP contribution in [-0.4, -0.2) is 196 Å². The molecule has 0 radical (unpaired) electrons. The van der Waals surface area contributed by atoms with Crippen LogP contribution in [0.2, 0.25) is 0 Å². The second kappa shape index (κ2) is 47.8. The number of alkyl halides is 3. The van der Waals surface area contributed by atoms with Crippen LogP contribution in [0.5, 0.6) is 5.75 Å². The van der Waals surface area contributed by atoms with Crippen molar-refractivity contribution in [3.8, 4) is 5.75 Å². The smallest absolute Gasteiger partial charge is 0.471 e. The quantitative estimate of drug-likeness (QED) is 0.00982. The fourth-order valence-electron chi connectivity index (χ4n) is 8.12. The van der Waals surface area contributed by atoms with Crippen molar-refractivity contribution >= 4 is 89.2 Å². The number of unbranched alkanes of at least 4 members (excludes halogenated alkanes) is 1. The molecule has 14 N–H and O–H groups in total. The number of hydrazone groups is 1. The maximum absolute atomic E-state index is 13.9. The van der Waals surface area contributed by atoms with Crippen molar-refractivity contribution in [1.82, 2.24) is 52.8 Å². The summed E-state index contributed by atoms with van der Waals surface area (Å²) in [6.07, 6.45) is -0.490. The van der Waals surface area contributed by atoms with Crippen LogP contribution in [0, 0.1) is 5.92 Å². The van der Waals surface area contributed by atoms with Gasteiger partial charge in [0.25, 0.3) is 5.91 Å². The van der Waals surface area contributed by atoms with Gasteiger partial charge >= 0.3 is 18.1 Å². The first-order valence-corrected chi connectivity index (χ1v) is 31.2. The number of benzene rings is 2. The number of rotatable bonds is 37. The lowest BCUT2D eigenvalue weighted by Gasteiger charge is -2.27. The molecule has 1 aliphatic rings. The van der Waals surface area contributed by atoms with Crippen molar-refractivity contribution < 1.29 is 99.8 Å². The van der Waals surface area contributed by atoms with Crippen molar-refractivity contribution in [2.24, 2.45) is 21.7 Å². The molecule has 0 saturated carbocycles. The summed E-state index contributed by atoms with van der Waals surface area (Å²) in [5.74, 6) is -9.74. The number of anilines is 1. The molecule has 97 heavy (non-hydrogen) atoms. The molecule has 4 rings (SSSR count). The van der Waals surface area contributed by atoms with Crippen LogP contribution >= 0.6 is 12.0 Å². The van der Waals surface area contributed by atoms with Gasteiger partial charge in [0.15, 0.2) is 5.96 Å². The van der Waals surface area contributed by atoms with Gasteiger partial charge in [-0.05, 0) is 73.9 Å². The second-order valence-electron chi connectivity index (χ2n) is 21.1. The van der Waals surface area contributed by atoms with Crippen molar-refractivity contribution in [3.63, 3.8) is 0 Å². The zero-order valence-electron chi connectivity index (χ0n) is 53.6. The van der Waals surface area contributed by atoms with E-state index in [1.54, 1.807) is 69.6 Å². The summed E-state index contributed by atoms with van der Waals surface area (Å²) in [5, 5.41) is 47.2. The molecule has 4 atom stereocenters. The monoisotopic (exact) mass is 1390 g/mol. The SMILES string of the molecule is C.CCCCNC(=O)CCC(=O)NCCCOc1ccc(C[C@H]2NC(=O)[C@H](CC(=O)O)NC(=O)CNC(=O)[C@H](CCCN=C(N)NC(=O)C(F)(F)F)NC(=O)[C@H](C(C)C)NC2=O)cc1.COCCOCCOCCCNC(=O)c1ccc(N/N=C/c2ccccc2SOOO)nc1. The minimum atomic E-state index is -5.22. The van der Waals surface area contributed by atoms with Gasteiger partial charge in [0, 0.05) is 75.8 Å². The fourth-order valence-corrected chi connectivity index (χ4v) is 8.57. The molecule has 2 heterocycles. The summed E-state index contributed by atoms with van der Waals surface area (Å²) >= 11 is 0.845. The Balaban J connectivity index is 0.000000788. The Morgan fingerprint density at radius 3 is 2.05 bits per heavy atom. The number of amides is 9. The number of halogens is 3. The van der Waals surface area contributed by atoms with E-state index in [4.69, 9.17) is 29.9 Å². The van der Waals surface area contributed by atoms with Crippen molar-refractivity contribution in [2.45, 2.75) is 128 Å². The molecule has 0 bridgehead atoms. The Hall–Kier alpha value is -9.07. The van der Waals surface area contributed by atoms with E-state index in [9.17, 15) is 66.2 Å². The molecule has 2 aromatic carbocycles.